The molecule has 1 aliphatic heterocycles. The second-order valence-corrected chi connectivity index (χ2v) is 5.63. The predicted octanol–water partition coefficient (Wildman–Crippen LogP) is 0.543. The minimum Gasteiger partial charge on any atom is -0.388 e. The van der Waals surface area contributed by atoms with Crippen LogP contribution < -0.4 is 0 Å². The van der Waals surface area contributed by atoms with Gasteiger partial charge in [-0.2, -0.15) is 0 Å². The highest BCUT2D eigenvalue weighted by Gasteiger charge is 2.33. The Hall–Kier alpha value is -0.910. The highest BCUT2D eigenvalue weighted by Crippen LogP contribution is 2.23. The molecule has 0 saturated carbocycles. The number of hydrogen-bond donors (Lipinski definition) is 2. The van der Waals surface area contributed by atoms with Gasteiger partial charge in [-0.1, -0.05) is 0 Å². The van der Waals surface area contributed by atoms with Gasteiger partial charge in [0.2, 0.25) is 0 Å². The minimum atomic E-state index is -0.816. The minimum absolute atomic E-state index is 0.0996. The van der Waals surface area contributed by atoms with Crippen molar-refractivity contribution < 1.29 is 15.0 Å². The van der Waals surface area contributed by atoms with E-state index in [1.807, 2.05) is 19.9 Å². The first kappa shape index (κ1) is 11.6. The molecule has 2 N–H and O–H groups in total. The first-order valence-corrected chi connectivity index (χ1v) is 6.03. The normalized spacial score (nSPS) is 25.1. The van der Waals surface area contributed by atoms with Gasteiger partial charge in [-0.25, -0.2) is 0 Å². The van der Waals surface area contributed by atoms with Crippen LogP contribution in [-0.4, -0.2) is 46.3 Å². The summed E-state index contributed by atoms with van der Waals surface area (Å²) in [5.74, 6) is -0.0996. The van der Waals surface area contributed by atoms with Crippen molar-refractivity contribution in [1.82, 2.24) is 4.90 Å². The number of aryl methyl sites for hydroxylation is 2. The number of amides is 1. The zero-order valence-electron chi connectivity index (χ0n) is 9.30. The average molecular weight is 241 g/mol. The van der Waals surface area contributed by atoms with Crippen LogP contribution in [0.25, 0.3) is 0 Å². The van der Waals surface area contributed by atoms with Crippen molar-refractivity contribution in [2.75, 3.05) is 13.1 Å². The summed E-state index contributed by atoms with van der Waals surface area (Å²) >= 11 is 1.59. The van der Waals surface area contributed by atoms with E-state index in [4.69, 9.17) is 0 Å². The summed E-state index contributed by atoms with van der Waals surface area (Å²) in [5.41, 5.74) is 0.684. The van der Waals surface area contributed by atoms with Crippen molar-refractivity contribution in [3.05, 3.63) is 21.4 Å². The highest BCUT2D eigenvalue weighted by molar-refractivity contribution is 7.12. The number of rotatable bonds is 1. The fourth-order valence-corrected chi connectivity index (χ4v) is 2.86. The van der Waals surface area contributed by atoms with E-state index in [1.165, 1.54) is 4.90 Å². The quantitative estimate of drug-likeness (QED) is 0.754. The van der Waals surface area contributed by atoms with Gasteiger partial charge in [-0.3, -0.25) is 4.79 Å². The Morgan fingerprint density at radius 2 is 1.94 bits per heavy atom. The molecule has 1 aromatic rings. The molecule has 16 heavy (non-hydrogen) atoms. The standard InChI is InChI=1S/C11H15NO3S/c1-6-3-8(7(2)16-6)11(15)12-4-9(13)10(14)5-12/h3,9-10,13-14H,4-5H2,1-2H3. The van der Waals surface area contributed by atoms with Gasteiger partial charge in [0.1, 0.15) is 0 Å². The van der Waals surface area contributed by atoms with E-state index in [9.17, 15) is 15.0 Å². The lowest BCUT2D eigenvalue weighted by atomic mass is 10.2. The Balaban J connectivity index is 2.17. The van der Waals surface area contributed by atoms with Crippen molar-refractivity contribution in [1.29, 1.82) is 0 Å². The molecule has 4 nitrogen and oxygen atoms in total. The molecule has 0 spiro atoms. The van der Waals surface area contributed by atoms with E-state index in [-0.39, 0.29) is 19.0 Å². The molecule has 0 aliphatic carbocycles. The van der Waals surface area contributed by atoms with E-state index in [2.05, 4.69) is 0 Å². The lowest BCUT2D eigenvalue weighted by Crippen LogP contribution is -2.29. The fraction of sp³-hybridized carbons (Fsp3) is 0.545. The van der Waals surface area contributed by atoms with Crippen LogP contribution in [0.5, 0.6) is 0 Å². The Morgan fingerprint density at radius 1 is 1.38 bits per heavy atom. The topological polar surface area (TPSA) is 60.8 Å². The van der Waals surface area contributed by atoms with Crippen LogP contribution in [0.1, 0.15) is 20.1 Å². The lowest BCUT2D eigenvalue weighted by Gasteiger charge is -2.14. The molecule has 2 heterocycles. The Labute approximate surface area is 98.1 Å². The van der Waals surface area contributed by atoms with Crippen LogP contribution in [0.3, 0.4) is 0 Å². The molecule has 0 aromatic carbocycles. The van der Waals surface area contributed by atoms with Crippen LogP contribution in [0.15, 0.2) is 6.07 Å². The van der Waals surface area contributed by atoms with Crippen molar-refractivity contribution >= 4 is 17.2 Å². The summed E-state index contributed by atoms with van der Waals surface area (Å²) in [6.07, 6.45) is -1.63. The third-order valence-electron chi connectivity index (χ3n) is 2.82. The van der Waals surface area contributed by atoms with E-state index in [1.54, 1.807) is 11.3 Å². The summed E-state index contributed by atoms with van der Waals surface area (Å²) in [5, 5.41) is 18.8. The largest absolute Gasteiger partial charge is 0.388 e. The number of aliphatic hydroxyl groups excluding tert-OH is 2. The summed E-state index contributed by atoms with van der Waals surface area (Å²) in [4.78, 5) is 15.7. The molecular formula is C11H15NO3S. The number of likely N-dealkylation sites (tertiary alicyclic amines) is 1. The number of carbonyl (C=O) groups is 1. The summed E-state index contributed by atoms with van der Waals surface area (Å²) < 4.78 is 0. The maximum atomic E-state index is 12.1. The molecule has 1 aromatic heterocycles. The van der Waals surface area contributed by atoms with Crippen LogP contribution in [0.4, 0.5) is 0 Å². The number of aliphatic hydroxyl groups is 2. The Kier molecular flexibility index (Phi) is 3.01. The van der Waals surface area contributed by atoms with Crippen molar-refractivity contribution in [3.63, 3.8) is 0 Å². The van der Waals surface area contributed by atoms with Gasteiger partial charge in [0.05, 0.1) is 17.8 Å². The monoisotopic (exact) mass is 241 g/mol. The molecule has 1 aliphatic rings. The fourth-order valence-electron chi connectivity index (χ4n) is 1.95. The molecule has 2 atom stereocenters. The Bertz CT molecular complexity index is 405. The van der Waals surface area contributed by atoms with Crippen molar-refractivity contribution in [3.8, 4) is 0 Å². The van der Waals surface area contributed by atoms with Crippen molar-refractivity contribution in [2.45, 2.75) is 26.1 Å². The maximum absolute atomic E-state index is 12.1. The average Bonchev–Trinajstić information content (AvgIpc) is 2.70. The second-order valence-electron chi connectivity index (χ2n) is 4.17. The second kappa shape index (κ2) is 4.16. The van der Waals surface area contributed by atoms with Crippen LogP contribution in [-0.2, 0) is 0 Å². The Morgan fingerprint density at radius 3 is 2.38 bits per heavy atom. The molecule has 2 rings (SSSR count). The zero-order valence-corrected chi connectivity index (χ0v) is 10.1. The van der Waals surface area contributed by atoms with Gasteiger partial charge in [-0.05, 0) is 19.9 Å². The number of thiophene rings is 1. The molecule has 2 unspecified atom stereocenters. The SMILES string of the molecule is Cc1cc(C(=O)N2CC(O)C(O)C2)c(C)s1. The third-order valence-corrected chi connectivity index (χ3v) is 3.78. The van der Waals surface area contributed by atoms with Gasteiger partial charge >= 0.3 is 0 Å². The van der Waals surface area contributed by atoms with Gasteiger partial charge < -0.3 is 15.1 Å². The van der Waals surface area contributed by atoms with Crippen LogP contribution in [0, 0.1) is 13.8 Å². The molecular weight excluding hydrogens is 226 g/mol. The molecule has 5 heteroatoms. The van der Waals surface area contributed by atoms with Crippen molar-refractivity contribution in [2.24, 2.45) is 0 Å². The molecule has 0 bridgehead atoms. The predicted molar refractivity (Wildman–Crippen MR) is 61.7 cm³/mol. The summed E-state index contributed by atoms with van der Waals surface area (Å²) in [6, 6.07) is 1.86. The zero-order chi connectivity index (χ0) is 11.9. The number of β-amino-alcohol motifs (C(OH)–C–C–N with tert-alkyl or cyclic N) is 2. The summed E-state index contributed by atoms with van der Waals surface area (Å²) in [6.45, 7) is 4.30. The summed E-state index contributed by atoms with van der Waals surface area (Å²) in [7, 11) is 0. The molecule has 1 saturated heterocycles. The lowest BCUT2D eigenvalue weighted by molar-refractivity contribution is 0.0572. The maximum Gasteiger partial charge on any atom is 0.255 e. The van der Waals surface area contributed by atoms with Gasteiger partial charge in [-0.15, -0.1) is 11.3 Å². The van der Waals surface area contributed by atoms with E-state index >= 15 is 0 Å². The van der Waals surface area contributed by atoms with Crippen LogP contribution in [0.2, 0.25) is 0 Å². The van der Waals surface area contributed by atoms with Gasteiger partial charge in [0, 0.05) is 22.8 Å². The van der Waals surface area contributed by atoms with E-state index < -0.39 is 12.2 Å². The van der Waals surface area contributed by atoms with E-state index in [0.717, 1.165) is 9.75 Å². The van der Waals surface area contributed by atoms with Crippen LogP contribution >= 0.6 is 11.3 Å². The van der Waals surface area contributed by atoms with E-state index in [0.29, 0.717) is 5.56 Å². The first-order chi connectivity index (χ1) is 7.49. The first-order valence-electron chi connectivity index (χ1n) is 5.21. The molecule has 1 amide bonds. The molecule has 0 radical (unpaired) electrons. The van der Waals surface area contributed by atoms with Gasteiger partial charge in [0.25, 0.3) is 5.91 Å². The molecule has 88 valence electrons. The van der Waals surface area contributed by atoms with Gasteiger partial charge in [0.15, 0.2) is 0 Å². The highest BCUT2D eigenvalue weighted by atomic mass is 32.1. The third kappa shape index (κ3) is 1.98. The number of hydrogen-bond acceptors (Lipinski definition) is 4. The smallest absolute Gasteiger partial charge is 0.255 e. The number of nitrogens with zero attached hydrogens (tertiary/aromatic N) is 1. The molecule has 1 fully saturated rings. The number of carbonyl (C=O) groups excluding carboxylic acids is 1.